The molecule has 6 rings (SSSR count). The van der Waals surface area contributed by atoms with E-state index in [4.69, 9.17) is 4.74 Å². The smallest absolute Gasteiger partial charge is 0.434 e. The molecule has 0 atom stereocenters. The van der Waals surface area contributed by atoms with E-state index in [2.05, 4.69) is 25.7 Å². The van der Waals surface area contributed by atoms with Gasteiger partial charge in [-0.1, -0.05) is 29.5 Å². The number of amides is 1. The number of anilines is 2. The van der Waals surface area contributed by atoms with Crippen LogP contribution in [0.2, 0.25) is 0 Å². The van der Waals surface area contributed by atoms with Gasteiger partial charge in [-0.15, -0.1) is 5.11 Å². The van der Waals surface area contributed by atoms with Crippen LogP contribution in [-0.2, 0) is 18.9 Å². The number of ether oxygens (including phenoxy) is 1. The summed E-state index contributed by atoms with van der Waals surface area (Å²) in [7, 11) is 1.55. The van der Waals surface area contributed by atoms with Crippen LogP contribution in [0, 0.1) is 0 Å². The zero-order chi connectivity index (χ0) is 31.2. The molecule has 224 valence electrons. The lowest BCUT2D eigenvalue weighted by Crippen LogP contribution is -2.21. The predicted molar refractivity (Wildman–Crippen MR) is 147 cm³/mol. The van der Waals surface area contributed by atoms with Crippen LogP contribution >= 0.6 is 0 Å². The largest absolute Gasteiger partial charge is 0.497 e. The van der Waals surface area contributed by atoms with Crippen molar-refractivity contribution in [1.29, 1.82) is 0 Å². The van der Waals surface area contributed by atoms with Crippen LogP contribution in [0.4, 0.5) is 43.4 Å². The van der Waals surface area contributed by atoms with Crippen molar-refractivity contribution in [2.45, 2.75) is 18.9 Å². The first-order valence-electron chi connectivity index (χ1n) is 12.8. The van der Waals surface area contributed by atoms with Gasteiger partial charge in [0.2, 0.25) is 0 Å². The van der Waals surface area contributed by atoms with Gasteiger partial charge in [-0.05, 0) is 48.0 Å². The van der Waals surface area contributed by atoms with Crippen LogP contribution in [0.5, 0.6) is 5.75 Å². The van der Waals surface area contributed by atoms with Gasteiger partial charge in [-0.25, -0.2) is 9.69 Å². The minimum atomic E-state index is -5.07. The summed E-state index contributed by atoms with van der Waals surface area (Å²) in [6.45, 7) is 0.307. The molecular weight excluding hydrogens is 592 g/mol. The van der Waals surface area contributed by atoms with Crippen LogP contribution in [0.1, 0.15) is 27.3 Å². The van der Waals surface area contributed by atoms with E-state index in [0.717, 1.165) is 24.0 Å². The number of nitrogens with zero attached hydrogens (tertiary/aromatic N) is 6. The summed E-state index contributed by atoms with van der Waals surface area (Å²) in [6, 6.07) is 16.7. The summed E-state index contributed by atoms with van der Waals surface area (Å²) in [4.78, 5) is 16.1. The second kappa shape index (κ2) is 10.7. The first-order valence-corrected chi connectivity index (χ1v) is 12.8. The summed E-state index contributed by atoms with van der Waals surface area (Å²) in [6.07, 6.45) is -8.38. The van der Waals surface area contributed by atoms with Gasteiger partial charge in [0.25, 0.3) is 5.91 Å². The minimum absolute atomic E-state index is 0.00161. The van der Waals surface area contributed by atoms with E-state index in [1.807, 2.05) is 12.1 Å². The number of nitrogens with one attached hydrogen (secondary N) is 1. The fourth-order valence-corrected chi connectivity index (χ4v) is 4.84. The molecule has 0 saturated heterocycles. The zero-order valence-electron chi connectivity index (χ0n) is 22.5. The Labute approximate surface area is 244 Å². The predicted octanol–water partition coefficient (Wildman–Crippen LogP) is 7.74. The monoisotopic (exact) mass is 611 g/mol. The van der Waals surface area contributed by atoms with Crippen LogP contribution in [0.25, 0.3) is 16.5 Å². The number of pyridine rings is 1. The second-order valence-electron chi connectivity index (χ2n) is 9.60. The first-order chi connectivity index (χ1) is 20.9. The molecule has 2 aromatic heterocycles. The van der Waals surface area contributed by atoms with Crippen LogP contribution in [-0.4, -0.2) is 27.8 Å². The van der Waals surface area contributed by atoms with E-state index in [9.17, 15) is 31.1 Å². The highest BCUT2D eigenvalue weighted by Crippen LogP contribution is 2.43. The molecule has 0 unspecified atom stereocenters. The number of carbonyl (C=O) groups is 1. The van der Waals surface area contributed by atoms with E-state index < -0.39 is 35.2 Å². The van der Waals surface area contributed by atoms with Crippen molar-refractivity contribution in [1.82, 2.24) is 14.8 Å². The average Bonchev–Trinajstić information content (AvgIpc) is 3.45. The molecule has 1 N–H and O–H groups in total. The van der Waals surface area contributed by atoms with Gasteiger partial charge in [-0.2, -0.15) is 31.4 Å². The summed E-state index contributed by atoms with van der Waals surface area (Å²) in [5, 5.41) is 17.0. The summed E-state index contributed by atoms with van der Waals surface area (Å²) >= 11 is 0. The molecule has 0 spiro atoms. The molecule has 5 aromatic rings. The van der Waals surface area contributed by atoms with Gasteiger partial charge < -0.3 is 10.1 Å². The Kier molecular flexibility index (Phi) is 6.94. The van der Waals surface area contributed by atoms with Crippen molar-refractivity contribution in [2.24, 2.45) is 10.3 Å². The third-order valence-corrected chi connectivity index (χ3v) is 6.82. The molecule has 3 aromatic carbocycles. The number of benzene rings is 3. The number of methoxy groups -OCH3 is 1. The molecule has 0 saturated carbocycles. The zero-order valence-corrected chi connectivity index (χ0v) is 22.5. The molecule has 9 nitrogen and oxygen atoms in total. The Balaban J connectivity index is 1.40. The third-order valence-electron chi connectivity index (χ3n) is 6.82. The molecule has 15 heteroatoms. The van der Waals surface area contributed by atoms with E-state index >= 15 is 0 Å². The SMILES string of the molecule is COc1ccc(CN2N=Nc3cccc4c(-n5ncc(C(=O)Nc6ccnc(C(F)(F)F)c6)c5C(F)(F)F)ccc2c34)cc1. The quantitative estimate of drug-likeness (QED) is 0.198. The topological polar surface area (TPSA) is 97.0 Å². The number of rotatable bonds is 6. The van der Waals surface area contributed by atoms with E-state index in [-0.39, 0.29) is 11.4 Å². The highest BCUT2D eigenvalue weighted by Gasteiger charge is 2.41. The Morgan fingerprint density at radius 1 is 0.932 bits per heavy atom. The Morgan fingerprint density at radius 2 is 1.68 bits per heavy atom. The van der Waals surface area contributed by atoms with Crippen LogP contribution < -0.4 is 15.1 Å². The molecular formula is C29H19F6N7O2. The van der Waals surface area contributed by atoms with Crippen molar-refractivity contribution in [3.63, 3.8) is 0 Å². The van der Waals surface area contributed by atoms with Crippen molar-refractivity contribution in [3.05, 3.63) is 102 Å². The fraction of sp³-hybridized carbons (Fsp3) is 0.138. The minimum Gasteiger partial charge on any atom is -0.497 e. The number of aromatic nitrogens is 3. The van der Waals surface area contributed by atoms with Gasteiger partial charge in [0.1, 0.15) is 11.4 Å². The number of halogens is 6. The standard InChI is InChI=1S/C29H19F6N7O2/c1-44-18-7-5-16(6-8-18)15-41-23-10-9-22(19-3-2-4-21(25(19)23)39-40-41)42-26(29(33,34)35)20(14-37-42)27(43)38-17-11-12-36-24(13-17)28(30,31)32/h2-14H,15H2,1H3,(H,36,38,43). The van der Waals surface area contributed by atoms with Crippen LogP contribution in [0.3, 0.4) is 0 Å². The normalized spacial score (nSPS) is 12.9. The summed E-state index contributed by atoms with van der Waals surface area (Å²) in [5.74, 6) is -0.629. The van der Waals surface area contributed by atoms with Crippen molar-refractivity contribution in [2.75, 3.05) is 17.4 Å². The highest BCUT2D eigenvalue weighted by atomic mass is 19.4. The molecule has 0 radical (unpaired) electrons. The molecule has 3 heterocycles. The molecule has 0 fully saturated rings. The Hall–Kier alpha value is -5.47. The molecule has 1 aliphatic heterocycles. The number of hydrogen-bond donors (Lipinski definition) is 1. The van der Waals surface area contributed by atoms with Crippen molar-refractivity contribution >= 4 is 33.7 Å². The average molecular weight is 612 g/mol. The Bertz CT molecular complexity index is 1920. The van der Waals surface area contributed by atoms with E-state index in [0.29, 0.717) is 45.2 Å². The Morgan fingerprint density at radius 3 is 2.39 bits per heavy atom. The molecule has 1 aliphatic rings. The van der Waals surface area contributed by atoms with Gasteiger partial charge in [0.05, 0.1) is 42.5 Å². The lowest BCUT2D eigenvalue weighted by atomic mass is 10.0. The number of carbonyl (C=O) groups excluding carboxylic acids is 1. The number of alkyl halides is 6. The second-order valence-corrected chi connectivity index (χ2v) is 9.60. The molecule has 0 bridgehead atoms. The molecule has 0 aliphatic carbocycles. The lowest BCUT2D eigenvalue weighted by Gasteiger charge is -2.25. The maximum Gasteiger partial charge on any atom is 0.434 e. The summed E-state index contributed by atoms with van der Waals surface area (Å²) < 4.78 is 88.4. The first kappa shape index (κ1) is 28.6. The van der Waals surface area contributed by atoms with Gasteiger partial charge in [0, 0.05) is 22.7 Å². The van der Waals surface area contributed by atoms with Crippen molar-refractivity contribution < 1.29 is 35.9 Å². The maximum absolute atomic E-state index is 14.5. The highest BCUT2D eigenvalue weighted by molar-refractivity contribution is 6.08. The molecule has 1 amide bonds. The van der Waals surface area contributed by atoms with Crippen molar-refractivity contribution in [3.8, 4) is 11.4 Å². The van der Waals surface area contributed by atoms with E-state index in [1.54, 1.807) is 48.5 Å². The lowest BCUT2D eigenvalue weighted by molar-refractivity contribution is -0.143. The number of hydrogen-bond acceptors (Lipinski definition) is 7. The van der Waals surface area contributed by atoms with Gasteiger partial charge in [0.15, 0.2) is 5.69 Å². The van der Waals surface area contributed by atoms with Gasteiger partial charge in [-0.3, -0.25) is 9.78 Å². The van der Waals surface area contributed by atoms with Gasteiger partial charge >= 0.3 is 12.4 Å². The fourth-order valence-electron chi connectivity index (χ4n) is 4.84. The van der Waals surface area contributed by atoms with Crippen LogP contribution in [0.15, 0.2) is 89.5 Å². The molecule has 44 heavy (non-hydrogen) atoms. The third kappa shape index (κ3) is 5.27. The summed E-state index contributed by atoms with van der Waals surface area (Å²) in [5.41, 5.74) is -2.12. The maximum atomic E-state index is 14.5. The van der Waals surface area contributed by atoms with E-state index in [1.165, 1.54) is 6.07 Å².